The predicted octanol–water partition coefficient (Wildman–Crippen LogP) is 4.05. The minimum absolute atomic E-state index is 0.118. The molecule has 3 rings (SSSR count). The molecule has 4 nitrogen and oxygen atoms in total. The van der Waals surface area contributed by atoms with Crippen molar-refractivity contribution in [3.05, 3.63) is 41.1 Å². The van der Waals surface area contributed by atoms with Gasteiger partial charge in [-0.3, -0.25) is 14.7 Å². The molecule has 4 heteroatoms. The summed E-state index contributed by atoms with van der Waals surface area (Å²) in [4.78, 5) is 22.1. The number of benzene rings is 1. The van der Waals surface area contributed by atoms with E-state index in [9.17, 15) is 4.79 Å². The van der Waals surface area contributed by atoms with E-state index in [0.717, 1.165) is 54.9 Å². The number of pyridine rings is 1. The van der Waals surface area contributed by atoms with Gasteiger partial charge in [-0.2, -0.15) is 0 Å². The molecule has 0 saturated carbocycles. The van der Waals surface area contributed by atoms with Crippen molar-refractivity contribution >= 4 is 16.8 Å². The number of aromatic nitrogens is 1. The maximum Gasteiger partial charge on any atom is 0.255 e. The van der Waals surface area contributed by atoms with Gasteiger partial charge in [-0.05, 0) is 49.9 Å². The molecule has 2 heterocycles. The number of hydrogen-bond donors (Lipinski definition) is 0. The van der Waals surface area contributed by atoms with E-state index in [1.165, 1.54) is 12.0 Å². The van der Waals surface area contributed by atoms with Crippen molar-refractivity contribution in [3.63, 3.8) is 0 Å². The van der Waals surface area contributed by atoms with Crippen LogP contribution in [0.25, 0.3) is 10.9 Å². The Balaban J connectivity index is 1.68. The molecular weight excluding hydrogens is 322 g/mol. The average Bonchev–Trinajstić information content (AvgIpc) is 2.58. The average molecular weight is 354 g/mol. The zero-order valence-electron chi connectivity index (χ0n) is 16.8. The summed E-state index contributed by atoms with van der Waals surface area (Å²) in [5.74, 6) is 0.118. The number of rotatable bonds is 3. The molecule has 1 saturated heterocycles. The largest absolute Gasteiger partial charge is 0.336 e. The normalized spacial score (nSPS) is 16.3. The second-order valence-electron chi connectivity index (χ2n) is 8.76. The van der Waals surface area contributed by atoms with E-state index in [0.29, 0.717) is 5.41 Å². The third-order valence-corrected chi connectivity index (χ3v) is 5.23. The van der Waals surface area contributed by atoms with Crippen LogP contribution in [0.5, 0.6) is 0 Å². The van der Waals surface area contributed by atoms with E-state index < -0.39 is 0 Å². The van der Waals surface area contributed by atoms with E-state index in [4.69, 9.17) is 0 Å². The first-order valence-corrected chi connectivity index (χ1v) is 9.63. The van der Waals surface area contributed by atoms with E-state index in [1.54, 1.807) is 0 Å². The van der Waals surface area contributed by atoms with Crippen molar-refractivity contribution < 1.29 is 4.79 Å². The zero-order valence-corrected chi connectivity index (χ0v) is 16.8. The van der Waals surface area contributed by atoms with Crippen LogP contribution in [0.15, 0.2) is 24.3 Å². The quantitative estimate of drug-likeness (QED) is 0.835. The lowest BCUT2D eigenvalue weighted by molar-refractivity contribution is 0.0622. The third kappa shape index (κ3) is 4.42. The van der Waals surface area contributed by atoms with Crippen molar-refractivity contribution in [2.24, 2.45) is 5.41 Å². The molecule has 2 aromatic rings. The summed E-state index contributed by atoms with van der Waals surface area (Å²) in [6.45, 7) is 15.5. The highest BCUT2D eigenvalue weighted by Gasteiger charge is 2.24. The number of carbonyl (C=O) groups is 1. The van der Waals surface area contributed by atoms with Gasteiger partial charge in [-0.15, -0.1) is 0 Å². The molecule has 0 spiro atoms. The van der Waals surface area contributed by atoms with Gasteiger partial charge in [0.25, 0.3) is 5.91 Å². The lowest BCUT2D eigenvalue weighted by atomic mass is 9.92. The predicted molar refractivity (Wildman–Crippen MR) is 108 cm³/mol. The van der Waals surface area contributed by atoms with Crippen LogP contribution in [0.1, 0.15) is 48.8 Å². The number of carbonyl (C=O) groups excluding carboxylic acids is 1. The van der Waals surface area contributed by atoms with Crippen molar-refractivity contribution in [2.45, 2.75) is 41.0 Å². The first-order valence-electron chi connectivity index (χ1n) is 9.63. The molecular formula is C22H31N3O. The Bertz CT molecular complexity index is 799. The fraction of sp³-hybridized carbons (Fsp3) is 0.545. The van der Waals surface area contributed by atoms with Crippen LogP contribution in [0.4, 0.5) is 0 Å². The Morgan fingerprint density at radius 1 is 1.08 bits per heavy atom. The van der Waals surface area contributed by atoms with Crippen LogP contribution in [-0.4, -0.2) is 53.4 Å². The van der Waals surface area contributed by atoms with Crippen LogP contribution >= 0.6 is 0 Å². The Hall–Kier alpha value is -1.94. The molecule has 0 unspecified atom stereocenters. The number of hydrogen-bond acceptors (Lipinski definition) is 3. The maximum atomic E-state index is 13.0. The van der Waals surface area contributed by atoms with E-state index >= 15 is 0 Å². The van der Waals surface area contributed by atoms with Crippen molar-refractivity contribution in [1.82, 2.24) is 14.8 Å². The fourth-order valence-electron chi connectivity index (χ4n) is 3.43. The van der Waals surface area contributed by atoms with Gasteiger partial charge in [0.05, 0.1) is 16.8 Å². The van der Waals surface area contributed by atoms with Crippen molar-refractivity contribution in [2.75, 3.05) is 32.7 Å². The van der Waals surface area contributed by atoms with Gasteiger partial charge in [0, 0.05) is 31.6 Å². The monoisotopic (exact) mass is 353 g/mol. The highest BCUT2D eigenvalue weighted by atomic mass is 16.2. The third-order valence-electron chi connectivity index (χ3n) is 5.23. The molecule has 0 N–H and O–H groups in total. The molecule has 0 bridgehead atoms. The van der Waals surface area contributed by atoms with Crippen LogP contribution in [0.2, 0.25) is 0 Å². The van der Waals surface area contributed by atoms with Gasteiger partial charge in [-0.1, -0.05) is 32.9 Å². The Labute approximate surface area is 157 Å². The summed E-state index contributed by atoms with van der Waals surface area (Å²) in [7, 11) is 0. The van der Waals surface area contributed by atoms with Gasteiger partial charge in [0.2, 0.25) is 0 Å². The fourth-order valence-corrected chi connectivity index (χ4v) is 3.43. The van der Waals surface area contributed by atoms with Gasteiger partial charge < -0.3 is 4.90 Å². The lowest BCUT2D eigenvalue weighted by Crippen LogP contribution is -2.49. The lowest BCUT2D eigenvalue weighted by Gasteiger charge is -2.36. The number of aryl methyl sites for hydroxylation is 2. The molecule has 26 heavy (non-hydrogen) atoms. The Kier molecular flexibility index (Phi) is 5.33. The van der Waals surface area contributed by atoms with Crippen LogP contribution in [-0.2, 0) is 0 Å². The molecule has 1 fully saturated rings. The standard InChI is InChI=1S/C22H31N3O/c1-16-6-7-18-15-19(17(2)23-20(18)14-16)21(26)25-12-10-24(11-13-25)9-8-22(3,4)5/h6-7,14-15H,8-13H2,1-5H3. The zero-order chi connectivity index (χ0) is 18.9. The molecule has 0 atom stereocenters. The van der Waals surface area contributed by atoms with Gasteiger partial charge in [-0.25, -0.2) is 0 Å². The van der Waals surface area contributed by atoms with Crippen molar-refractivity contribution in [3.8, 4) is 0 Å². The smallest absolute Gasteiger partial charge is 0.255 e. The van der Waals surface area contributed by atoms with Crippen molar-refractivity contribution in [1.29, 1.82) is 0 Å². The topological polar surface area (TPSA) is 36.4 Å². The first-order chi connectivity index (χ1) is 12.2. The summed E-state index contributed by atoms with van der Waals surface area (Å²) >= 11 is 0. The summed E-state index contributed by atoms with van der Waals surface area (Å²) in [5, 5.41) is 1.04. The molecule has 1 aromatic carbocycles. The van der Waals surface area contributed by atoms with E-state index in [2.05, 4.69) is 55.8 Å². The Morgan fingerprint density at radius 2 is 1.77 bits per heavy atom. The number of piperazine rings is 1. The summed E-state index contributed by atoms with van der Waals surface area (Å²) in [6.07, 6.45) is 1.19. The molecule has 0 radical (unpaired) electrons. The second-order valence-corrected chi connectivity index (χ2v) is 8.76. The SMILES string of the molecule is Cc1ccc2cc(C(=O)N3CCN(CCC(C)(C)C)CC3)c(C)nc2c1. The molecule has 0 aliphatic carbocycles. The molecule has 1 aliphatic heterocycles. The number of amides is 1. The van der Waals surface area contributed by atoms with E-state index in [-0.39, 0.29) is 5.91 Å². The summed E-state index contributed by atoms with van der Waals surface area (Å²) in [5.41, 5.74) is 4.08. The van der Waals surface area contributed by atoms with Crippen LogP contribution < -0.4 is 0 Å². The first kappa shape index (κ1) is 18.8. The van der Waals surface area contributed by atoms with Gasteiger partial charge in [0.15, 0.2) is 0 Å². The minimum Gasteiger partial charge on any atom is -0.336 e. The summed E-state index contributed by atoms with van der Waals surface area (Å²) < 4.78 is 0. The number of fused-ring (bicyclic) bond motifs is 1. The maximum absolute atomic E-state index is 13.0. The molecule has 1 amide bonds. The highest BCUT2D eigenvalue weighted by Crippen LogP contribution is 2.21. The summed E-state index contributed by atoms with van der Waals surface area (Å²) in [6, 6.07) is 8.20. The number of nitrogens with zero attached hydrogens (tertiary/aromatic N) is 3. The van der Waals surface area contributed by atoms with Crippen LogP contribution in [0, 0.1) is 19.3 Å². The molecule has 1 aliphatic rings. The Morgan fingerprint density at radius 3 is 2.42 bits per heavy atom. The molecule has 140 valence electrons. The minimum atomic E-state index is 0.118. The van der Waals surface area contributed by atoms with Crippen LogP contribution in [0.3, 0.4) is 0 Å². The van der Waals surface area contributed by atoms with E-state index in [1.807, 2.05) is 17.9 Å². The molecule has 1 aromatic heterocycles. The van der Waals surface area contributed by atoms with Gasteiger partial charge >= 0.3 is 0 Å². The van der Waals surface area contributed by atoms with Gasteiger partial charge in [0.1, 0.15) is 0 Å². The highest BCUT2D eigenvalue weighted by molar-refractivity contribution is 5.98. The second kappa shape index (κ2) is 7.36.